The van der Waals surface area contributed by atoms with Gasteiger partial charge in [0.2, 0.25) is 5.91 Å². The summed E-state index contributed by atoms with van der Waals surface area (Å²) in [6.45, 7) is -0.516. The molecule has 0 bridgehead atoms. The van der Waals surface area contributed by atoms with E-state index in [0.717, 1.165) is 4.31 Å². The number of rotatable bonds is 11. The van der Waals surface area contributed by atoms with Crippen molar-refractivity contribution in [2.75, 3.05) is 35.1 Å². The molecule has 0 aliphatic carbocycles. The highest BCUT2D eigenvalue weighted by Crippen LogP contribution is 2.26. The molecule has 4 aromatic rings. The lowest BCUT2D eigenvalue weighted by Crippen LogP contribution is -2.38. The van der Waals surface area contributed by atoms with Gasteiger partial charge in [-0.05, 0) is 84.9 Å². The van der Waals surface area contributed by atoms with Crippen LogP contribution < -0.4 is 23.8 Å². The van der Waals surface area contributed by atoms with Crippen molar-refractivity contribution in [3.05, 3.63) is 103 Å². The van der Waals surface area contributed by atoms with Gasteiger partial charge in [-0.15, -0.1) is 0 Å². The molecule has 0 heterocycles. The normalized spacial score (nSPS) is 11.3. The summed E-state index contributed by atoms with van der Waals surface area (Å²) in [6.07, 6.45) is 0. The average molecular weight is 582 g/mol. The van der Waals surface area contributed by atoms with Crippen molar-refractivity contribution >= 4 is 43.0 Å². The van der Waals surface area contributed by atoms with Crippen molar-refractivity contribution in [1.29, 1.82) is 0 Å². The molecule has 12 heteroatoms. The molecule has 0 saturated heterocycles. The lowest BCUT2D eigenvalue weighted by molar-refractivity contribution is -0.114. The molecule has 1 amide bonds. The van der Waals surface area contributed by atoms with E-state index >= 15 is 0 Å². The van der Waals surface area contributed by atoms with Crippen LogP contribution in [0.25, 0.3) is 0 Å². The number of ether oxygens (including phenoxy) is 2. The Morgan fingerprint density at radius 3 is 1.73 bits per heavy atom. The summed E-state index contributed by atoms with van der Waals surface area (Å²) in [5, 5.41) is 2.63. The summed E-state index contributed by atoms with van der Waals surface area (Å²) in [6, 6.07) is 26.0. The van der Waals surface area contributed by atoms with Gasteiger partial charge in [-0.25, -0.2) is 16.8 Å². The number of carbonyl (C=O) groups is 1. The van der Waals surface area contributed by atoms with E-state index in [9.17, 15) is 21.6 Å². The minimum Gasteiger partial charge on any atom is -0.497 e. The van der Waals surface area contributed by atoms with Gasteiger partial charge in [0, 0.05) is 11.4 Å². The first kappa shape index (κ1) is 28.5. The van der Waals surface area contributed by atoms with Gasteiger partial charge in [-0.3, -0.25) is 13.8 Å². The fraction of sp³-hybridized carbons (Fsp3) is 0.107. The van der Waals surface area contributed by atoms with E-state index in [1.165, 1.54) is 62.8 Å². The fourth-order valence-electron chi connectivity index (χ4n) is 3.71. The van der Waals surface area contributed by atoms with Crippen molar-refractivity contribution in [2.24, 2.45) is 0 Å². The third kappa shape index (κ3) is 6.71. The number of nitrogens with one attached hydrogen (secondary N) is 2. The maximum Gasteiger partial charge on any atom is 0.264 e. The molecule has 10 nitrogen and oxygen atoms in total. The van der Waals surface area contributed by atoms with Gasteiger partial charge in [0.1, 0.15) is 18.0 Å². The topological polar surface area (TPSA) is 131 Å². The highest BCUT2D eigenvalue weighted by Gasteiger charge is 2.27. The Bertz CT molecular complexity index is 1660. The number of methoxy groups -OCH3 is 2. The number of amides is 1. The zero-order valence-corrected chi connectivity index (χ0v) is 23.3. The van der Waals surface area contributed by atoms with Gasteiger partial charge in [0.25, 0.3) is 20.0 Å². The molecule has 4 rings (SSSR count). The van der Waals surface area contributed by atoms with E-state index < -0.39 is 32.5 Å². The zero-order chi connectivity index (χ0) is 28.8. The number of hydrogen-bond donors (Lipinski definition) is 2. The molecule has 208 valence electrons. The van der Waals surface area contributed by atoms with E-state index in [4.69, 9.17) is 9.47 Å². The number of hydrogen-bond acceptors (Lipinski definition) is 7. The molecule has 0 radical (unpaired) electrons. The van der Waals surface area contributed by atoms with Crippen molar-refractivity contribution in [3.63, 3.8) is 0 Å². The molecule has 0 aromatic heterocycles. The minimum absolute atomic E-state index is 0.0103. The van der Waals surface area contributed by atoms with Crippen LogP contribution in [-0.2, 0) is 24.8 Å². The molecule has 0 spiro atoms. The third-order valence-electron chi connectivity index (χ3n) is 5.77. The van der Waals surface area contributed by atoms with E-state index in [1.807, 2.05) is 0 Å². The third-order valence-corrected chi connectivity index (χ3v) is 8.95. The molecule has 0 unspecified atom stereocenters. The number of carbonyl (C=O) groups excluding carboxylic acids is 1. The second kappa shape index (κ2) is 12.1. The number of benzene rings is 4. The van der Waals surface area contributed by atoms with E-state index in [0.29, 0.717) is 28.6 Å². The second-order valence-electron chi connectivity index (χ2n) is 8.43. The highest BCUT2D eigenvalue weighted by atomic mass is 32.2. The molecule has 0 saturated carbocycles. The van der Waals surface area contributed by atoms with Gasteiger partial charge >= 0.3 is 0 Å². The molecule has 0 fully saturated rings. The van der Waals surface area contributed by atoms with Gasteiger partial charge in [0.05, 0.1) is 29.7 Å². The first-order chi connectivity index (χ1) is 19.1. The monoisotopic (exact) mass is 581 g/mol. The molecule has 0 aliphatic heterocycles. The standard InChI is InChI=1S/C28H27N3O7S2/c1-37-24-12-8-22(9-13-24)30-39(33,34)26-16-10-21(11-17-26)29-28(32)20-31(23-6-4-3-5-7-23)40(35,36)27-18-14-25(38-2)15-19-27/h3-19,30H,20H2,1-2H3,(H,29,32). The summed E-state index contributed by atoms with van der Waals surface area (Å²) in [4.78, 5) is 12.9. The molecule has 2 N–H and O–H groups in total. The lowest BCUT2D eigenvalue weighted by Gasteiger charge is -2.24. The Balaban J connectivity index is 1.49. The molecule has 0 atom stereocenters. The van der Waals surface area contributed by atoms with E-state index in [-0.39, 0.29) is 9.79 Å². The largest absolute Gasteiger partial charge is 0.497 e. The molecule has 40 heavy (non-hydrogen) atoms. The van der Waals surface area contributed by atoms with Crippen LogP contribution in [0.3, 0.4) is 0 Å². The Morgan fingerprint density at radius 2 is 1.18 bits per heavy atom. The Kier molecular flexibility index (Phi) is 8.61. The van der Waals surface area contributed by atoms with E-state index in [2.05, 4.69) is 10.0 Å². The summed E-state index contributed by atoms with van der Waals surface area (Å²) in [5.74, 6) is 0.464. The Hall–Kier alpha value is -4.55. The van der Waals surface area contributed by atoms with E-state index in [1.54, 1.807) is 54.6 Å². The molecular formula is C28H27N3O7S2. The smallest absolute Gasteiger partial charge is 0.264 e. The first-order valence-electron chi connectivity index (χ1n) is 11.9. The van der Waals surface area contributed by atoms with Crippen molar-refractivity contribution in [1.82, 2.24) is 0 Å². The van der Waals surface area contributed by atoms with Crippen molar-refractivity contribution in [2.45, 2.75) is 9.79 Å². The second-order valence-corrected chi connectivity index (χ2v) is 12.0. The van der Waals surface area contributed by atoms with Crippen LogP contribution in [0.5, 0.6) is 11.5 Å². The van der Waals surface area contributed by atoms with Crippen LogP contribution in [0.15, 0.2) is 113 Å². The highest BCUT2D eigenvalue weighted by molar-refractivity contribution is 7.93. The maximum absolute atomic E-state index is 13.5. The van der Waals surface area contributed by atoms with Crippen molar-refractivity contribution in [3.8, 4) is 11.5 Å². The Labute approximate surface area is 233 Å². The summed E-state index contributed by atoms with van der Waals surface area (Å²) >= 11 is 0. The summed E-state index contributed by atoms with van der Waals surface area (Å²) < 4.78 is 66.2. The number of sulfonamides is 2. The predicted molar refractivity (Wildman–Crippen MR) is 153 cm³/mol. The first-order valence-corrected chi connectivity index (χ1v) is 14.8. The van der Waals surface area contributed by atoms with Gasteiger partial charge in [0.15, 0.2) is 0 Å². The Morgan fingerprint density at radius 1 is 0.675 bits per heavy atom. The average Bonchev–Trinajstić information content (AvgIpc) is 2.97. The maximum atomic E-state index is 13.5. The molecule has 4 aromatic carbocycles. The predicted octanol–water partition coefficient (Wildman–Crippen LogP) is 4.34. The summed E-state index contributed by atoms with van der Waals surface area (Å²) in [7, 11) is -5.01. The summed E-state index contributed by atoms with van der Waals surface area (Å²) in [5.41, 5.74) is 0.958. The lowest BCUT2D eigenvalue weighted by atomic mass is 10.3. The quantitative estimate of drug-likeness (QED) is 0.269. The van der Waals surface area contributed by atoms with Crippen LogP contribution in [0, 0.1) is 0 Å². The van der Waals surface area contributed by atoms with Crippen LogP contribution in [-0.4, -0.2) is 43.5 Å². The number of anilines is 3. The van der Waals surface area contributed by atoms with Crippen LogP contribution in [0.4, 0.5) is 17.1 Å². The number of nitrogens with zero attached hydrogens (tertiary/aromatic N) is 1. The van der Waals surface area contributed by atoms with Crippen LogP contribution in [0.1, 0.15) is 0 Å². The van der Waals surface area contributed by atoms with Crippen LogP contribution >= 0.6 is 0 Å². The van der Waals surface area contributed by atoms with Crippen LogP contribution in [0.2, 0.25) is 0 Å². The van der Waals surface area contributed by atoms with Gasteiger partial charge < -0.3 is 14.8 Å². The molecular weight excluding hydrogens is 554 g/mol. The fourth-order valence-corrected chi connectivity index (χ4v) is 6.19. The van der Waals surface area contributed by atoms with Crippen molar-refractivity contribution < 1.29 is 31.1 Å². The molecule has 0 aliphatic rings. The number of para-hydroxylation sites is 1. The minimum atomic E-state index is -4.11. The SMILES string of the molecule is COc1ccc(NS(=O)(=O)c2ccc(NC(=O)CN(c3ccccc3)S(=O)(=O)c3ccc(OC)cc3)cc2)cc1. The van der Waals surface area contributed by atoms with Gasteiger partial charge in [-0.2, -0.15) is 0 Å². The zero-order valence-electron chi connectivity index (χ0n) is 21.6. The van der Waals surface area contributed by atoms with Gasteiger partial charge in [-0.1, -0.05) is 18.2 Å².